The number of hydrogen-bond donors (Lipinski definition) is 1. The minimum Gasteiger partial charge on any atom is -0.334 e. The van der Waals surface area contributed by atoms with Gasteiger partial charge in [0.05, 0.1) is 6.04 Å². The first-order chi connectivity index (χ1) is 8.67. The van der Waals surface area contributed by atoms with Crippen molar-refractivity contribution in [3.05, 3.63) is 0 Å². The molecule has 2 fully saturated rings. The van der Waals surface area contributed by atoms with Gasteiger partial charge in [0.15, 0.2) is 0 Å². The van der Waals surface area contributed by atoms with Crippen molar-refractivity contribution in [1.82, 2.24) is 9.80 Å². The van der Waals surface area contributed by atoms with Gasteiger partial charge in [-0.15, -0.1) is 24.8 Å². The Labute approximate surface area is 135 Å². The van der Waals surface area contributed by atoms with E-state index in [0.717, 1.165) is 45.3 Å². The summed E-state index contributed by atoms with van der Waals surface area (Å²) in [6.07, 6.45) is 5.25. The van der Waals surface area contributed by atoms with Crippen LogP contribution in [0.2, 0.25) is 0 Å². The number of carbonyl (C=O) groups is 1. The molecule has 120 valence electrons. The maximum Gasteiger partial charge on any atom is 0.240 e. The molecule has 4 nitrogen and oxygen atoms in total. The zero-order valence-corrected chi connectivity index (χ0v) is 14.2. The van der Waals surface area contributed by atoms with Crippen LogP contribution in [0.4, 0.5) is 0 Å². The van der Waals surface area contributed by atoms with Gasteiger partial charge in [-0.05, 0) is 32.2 Å². The van der Waals surface area contributed by atoms with Crippen molar-refractivity contribution in [1.29, 1.82) is 0 Å². The minimum absolute atomic E-state index is 0. The standard InChI is InChI=1S/C14H27N3O.2ClH/c1-3-5-13(15)14(18)17-11-6-7-12(17)10-16(4-2)9-8-11;;/h11-13H,3-10,15H2,1-2H3;2*1H. The fraction of sp³-hybridized carbons (Fsp3) is 0.929. The predicted molar refractivity (Wildman–Crippen MR) is 87.8 cm³/mol. The van der Waals surface area contributed by atoms with E-state index in [2.05, 4.69) is 23.6 Å². The highest BCUT2D eigenvalue weighted by Crippen LogP contribution is 2.30. The van der Waals surface area contributed by atoms with Gasteiger partial charge >= 0.3 is 0 Å². The molecule has 2 aliphatic rings. The van der Waals surface area contributed by atoms with Gasteiger partial charge in [-0.3, -0.25) is 4.79 Å². The molecule has 20 heavy (non-hydrogen) atoms. The Morgan fingerprint density at radius 3 is 2.45 bits per heavy atom. The van der Waals surface area contributed by atoms with Gasteiger partial charge in [-0.2, -0.15) is 0 Å². The van der Waals surface area contributed by atoms with Crippen molar-refractivity contribution in [2.45, 2.75) is 64.1 Å². The van der Waals surface area contributed by atoms with Crippen LogP contribution in [0.5, 0.6) is 0 Å². The van der Waals surface area contributed by atoms with Crippen LogP contribution in [0.3, 0.4) is 0 Å². The molecule has 6 heteroatoms. The molecule has 2 saturated heterocycles. The fourth-order valence-electron chi connectivity index (χ4n) is 3.42. The second-order valence-electron chi connectivity index (χ2n) is 5.71. The molecule has 2 rings (SSSR count). The molecule has 2 aliphatic heterocycles. The Balaban J connectivity index is 0.00000180. The lowest BCUT2D eigenvalue weighted by Crippen LogP contribution is -2.50. The molecule has 0 aromatic carbocycles. The van der Waals surface area contributed by atoms with Gasteiger partial charge in [0.2, 0.25) is 5.91 Å². The Morgan fingerprint density at radius 1 is 1.20 bits per heavy atom. The molecule has 0 aliphatic carbocycles. The lowest BCUT2D eigenvalue weighted by Gasteiger charge is -2.31. The lowest BCUT2D eigenvalue weighted by atomic mass is 10.1. The minimum atomic E-state index is -0.286. The quantitative estimate of drug-likeness (QED) is 0.860. The van der Waals surface area contributed by atoms with E-state index in [1.54, 1.807) is 0 Å². The number of likely N-dealkylation sites (N-methyl/N-ethyl adjacent to an activating group) is 1. The van der Waals surface area contributed by atoms with Crippen LogP contribution in [-0.4, -0.2) is 53.5 Å². The van der Waals surface area contributed by atoms with Crippen molar-refractivity contribution in [2.75, 3.05) is 19.6 Å². The summed E-state index contributed by atoms with van der Waals surface area (Å²) < 4.78 is 0. The van der Waals surface area contributed by atoms with Crippen LogP contribution in [0.15, 0.2) is 0 Å². The third kappa shape index (κ3) is 4.23. The summed E-state index contributed by atoms with van der Waals surface area (Å²) in [6, 6.07) is 0.570. The summed E-state index contributed by atoms with van der Waals surface area (Å²) in [7, 11) is 0. The third-order valence-corrected chi connectivity index (χ3v) is 4.49. The molecule has 2 bridgehead atoms. The van der Waals surface area contributed by atoms with Crippen LogP contribution in [0.25, 0.3) is 0 Å². The number of rotatable bonds is 4. The number of carbonyl (C=O) groups excluding carboxylic acids is 1. The third-order valence-electron chi connectivity index (χ3n) is 4.49. The van der Waals surface area contributed by atoms with E-state index in [4.69, 9.17) is 5.73 Å². The average Bonchev–Trinajstić information content (AvgIpc) is 2.64. The van der Waals surface area contributed by atoms with E-state index in [1.165, 1.54) is 6.42 Å². The van der Waals surface area contributed by atoms with Gasteiger partial charge in [-0.25, -0.2) is 0 Å². The number of nitrogens with two attached hydrogens (primary N) is 1. The summed E-state index contributed by atoms with van der Waals surface area (Å²) in [5.41, 5.74) is 6.02. The van der Waals surface area contributed by atoms with Gasteiger partial charge in [0.1, 0.15) is 0 Å². The maximum atomic E-state index is 12.5. The highest BCUT2D eigenvalue weighted by Gasteiger charge is 2.40. The molecule has 2 heterocycles. The van der Waals surface area contributed by atoms with E-state index in [9.17, 15) is 4.79 Å². The highest BCUT2D eigenvalue weighted by atomic mass is 35.5. The van der Waals surface area contributed by atoms with Crippen LogP contribution >= 0.6 is 24.8 Å². The van der Waals surface area contributed by atoms with E-state index in [1.807, 2.05) is 0 Å². The van der Waals surface area contributed by atoms with Gasteiger partial charge in [-0.1, -0.05) is 20.3 Å². The molecular formula is C14H29Cl2N3O. The SMILES string of the molecule is CCCC(N)C(=O)N1C2CCC1CN(CC)CC2.Cl.Cl. The summed E-state index contributed by atoms with van der Waals surface area (Å²) in [6.45, 7) is 7.55. The van der Waals surface area contributed by atoms with E-state index in [-0.39, 0.29) is 36.8 Å². The van der Waals surface area contributed by atoms with Crippen LogP contribution in [0.1, 0.15) is 46.0 Å². The Kier molecular flexibility index (Phi) is 9.07. The van der Waals surface area contributed by atoms with E-state index >= 15 is 0 Å². The number of halogens is 2. The van der Waals surface area contributed by atoms with Crippen molar-refractivity contribution in [3.63, 3.8) is 0 Å². The summed E-state index contributed by atoms with van der Waals surface area (Å²) in [5.74, 6) is 0.197. The van der Waals surface area contributed by atoms with E-state index < -0.39 is 0 Å². The maximum absolute atomic E-state index is 12.5. The van der Waals surface area contributed by atoms with Crippen LogP contribution in [0, 0.1) is 0 Å². The Hall–Kier alpha value is -0.0300. The molecule has 3 atom stereocenters. The molecule has 1 amide bonds. The normalized spacial score (nSPS) is 27.2. The second kappa shape index (κ2) is 9.08. The number of likely N-dealkylation sites (tertiary alicyclic amines) is 1. The molecule has 3 unspecified atom stereocenters. The van der Waals surface area contributed by atoms with E-state index in [0.29, 0.717) is 12.1 Å². The molecule has 0 aromatic heterocycles. The predicted octanol–water partition coefficient (Wildman–Crippen LogP) is 2.04. The zero-order chi connectivity index (χ0) is 13.1. The first-order valence-electron chi connectivity index (χ1n) is 7.47. The van der Waals surface area contributed by atoms with Gasteiger partial charge in [0, 0.05) is 25.2 Å². The molecular weight excluding hydrogens is 297 g/mol. The van der Waals surface area contributed by atoms with Crippen LogP contribution < -0.4 is 5.73 Å². The molecule has 0 spiro atoms. The number of hydrogen-bond acceptors (Lipinski definition) is 3. The molecule has 0 saturated carbocycles. The zero-order valence-electron chi connectivity index (χ0n) is 12.6. The Morgan fingerprint density at radius 2 is 1.85 bits per heavy atom. The van der Waals surface area contributed by atoms with Gasteiger partial charge in [0.25, 0.3) is 0 Å². The first-order valence-corrected chi connectivity index (χ1v) is 7.47. The summed E-state index contributed by atoms with van der Waals surface area (Å²) >= 11 is 0. The summed E-state index contributed by atoms with van der Waals surface area (Å²) in [4.78, 5) is 17.1. The lowest BCUT2D eigenvalue weighted by molar-refractivity contribution is -0.135. The smallest absolute Gasteiger partial charge is 0.240 e. The average molecular weight is 326 g/mol. The Bertz CT molecular complexity index is 304. The fourth-order valence-corrected chi connectivity index (χ4v) is 3.42. The first kappa shape index (κ1) is 20.0. The topological polar surface area (TPSA) is 49.6 Å². The molecule has 0 aromatic rings. The number of fused-ring (bicyclic) bond motifs is 2. The monoisotopic (exact) mass is 325 g/mol. The number of amides is 1. The van der Waals surface area contributed by atoms with Crippen molar-refractivity contribution in [3.8, 4) is 0 Å². The molecule has 0 radical (unpaired) electrons. The second-order valence-corrected chi connectivity index (χ2v) is 5.71. The summed E-state index contributed by atoms with van der Waals surface area (Å²) in [5, 5.41) is 0. The largest absolute Gasteiger partial charge is 0.334 e. The van der Waals surface area contributed by atoms with Crippen molar-refractivity contribution < 1.29 is 4.79 Å². The van der Waals surface area contributed by atoms with Crippen molar-refractivity contribution in [2.24, 2.45) is 5.73 Å². The number of nitrogens with zero attached hydrogens (tertiary/aromatic N) is 2. The van der Waals surface area contributed by atoms with Crippen molar-refractivity contribution >= 4 is 30.7 Å². The highest BCUT2D eigenvalue weighted by molar-refractivity contribution is 5.85. The van der Waals surface area contributed by atoms with Gasteiger partial charge < -0.3 is 15.5 Å². The van der Waals surface area contributed by atoms with Crippen LogP contribution in [-0.2, 0) is 4.79 Å². The molecule has 2 N–H and O–H groups in total.